The van der Waals surface area contributed by atoms with Crippen LogP contribution in [0.5, 0.6) is 5.75 Å². The topological polar surface area (TPSA) is 53.6 Å². The number of nitrogens with one attached hydrogen (secondary N) is 2. The molecule has 2 unspecified atom stereocenters. The van der Waals surface area contributed by atoms with Crippen molar-refractivity contribution in [2.45, 2.75) is 20.5 Å². The molecule has 2 aromatic carbocycles. The zero-order valence-electron chi connectivity index (χ0n) is 16.2. The predicted molar refractivity (Wildman–Crippen MR) is 109 cm³/mol. The molecule has 0 spiro atoms. The molecule has 2 atom stereocenters. The van der Waals surface area contributed by atoms with Crippen molar-refractivity contribution in [2.75, 3.05) is 31.5 Å². The number of anilines is 1. The zero-order valence-corrected chi connectivity index (χ0v) is 16.2. The Hall–Kier alpha value is -2.53. The Balaban J connectivity index is 1.37. The standard InChI is InChI=1S/C22H29N3O2/c1-17-14-25(15-18(17)2)13-12-23-22(26)24-20-8-10-21(11-9-20)27-16-19-6-4-3-5-7-19/h3-11,17-18H,12-16H2,1-2H3,(H2,23,24,26). The minimum Gasteiger partial charge on any atom is -0.489 e. The van der Waals surface area contributed by atoms with Gasteiger partial charge in [0.05, 0.1) is 0 Å². The van der Waals surface area contributed by atoms with Crippen molar-refractivity contribution in [3.05, 3.63) is 60.2 Å². The molecular weight excluding hydrogens is 338 g/mol. The lowest BCUT2D eigenvalue weighted by Crippen LogP contribution is -2.36. The Morgan fingerprint density at radius 1 is 1.04 bits per heavy atom. The first-order valence-corrected chi connectivity index (χ1v) is 9.64. The van der Waals surface area contributed by atoms with Gasteiger partial charge in [-0.1, -0.05) is 44.2 Å². The first kappa shape index (κ1) is 19.2. The molecule has 3 rings (SSSR count). The number of urea groups is 1. The summed E-state index contributed by atoms with van der Waals surface area (Å²) in [6, 6.07) is 17.3. The van der Waals surface area contributed by atoms with Crippen molar-refractivity contribution in [2.24, 2.45) is 11.8 Å². The number of amides is 2. The molecule has 1 fully saturated rings. The highest BCUT2D eigenvalue weighted by molar-refractivity contribution is 5.89. The summed E-state index contributed by atoms with van der Waals surface area (Å²) in [7, 11) is 0. The number of carbonyl (C=O) groups excluding carboxylic acids is 1. The summed E-state index contributed by atoms with van der Waals surface area (Å²) in [5, 5.41) is 5.79. The number of hydrogen-bond donors (Lipinski definition) is 2. The Bertz CT molecular complexity index is 708. The maximum absolute atomic E-state index is 12.0. The minimum absolute atomic E-state index is 0.173. The first-order chi connectivity index (χ1) is 13.1. The van der Waals surface area contributed by atoms with Crippen LogP contribution in [0.3, 0.4) is 0 Å². The number of likely N-dealkylation sites (tertiary alicyclic amines) is 1. The van der Waals surface area contributed by atoms with Crippen LogP contribution in [-0.4, -0.2) is 37.1 Å². The van der Waals surface area contributed by atoms with E-state index >= 15 is 0 Å². The second-order valence-electron chi connectivity index (χ2n) is 7.39. The van der Waals surface area contributed by atoms with E-state index < -0.39 is 0 Å². The van der Waals surface area contributed by atoms with E-state index in [2.05, 4.69) is 29.4 Å². The quantitative estimate of drug-likeness (QED) is 0.778. The fraction of sp³-hybridized carbons (Fsp3) is 0.409. The molecule has 1 saturated heterocycles. The molecule has 0 aliphatic carbocycles. The zero-order chi connectivity index (χ0) is 19.1. The second-order valence-corrected chi connectivity index (χ2v) is 7.39. The Kier molecular flexibility index (Phi) is 6.71. The SMILES string of the molecule is CC1CN(CCNC(=O)Nc2ccc(OCc3ccccc3)cc2)CC1C. The lowest BCUT2D eigenvalue weighted by molar-refractivity contribution is 0.249. The summed E-state index contributed by atoms with van der Waals surface area (Å²) >= 11 is 0. The van der Waals surface area contributed by atoms with Gasteiger partial charge in [0.15, 0.2) is 0 Å². The first-order valence-electron chi connectivity index (χ1n) is 9.64. The van der Waals surface area contributed by atoms with Gasteiger partial charge in [-0.25, -0.2) is 4.79 Å². The van der Waals surface area contributed by atoms with E-state index in [9.17, 15) is 4.79 Å². The molecule has 2 aromatic rings. The van der Waals surface area contributed by atoms with E-state index in [0.29, 0.717) is 13.2 Å². The highest BCUT2D eigenvalue weighted by Gasteiger charge is 2.25. The molecule has 0 saturated carbocycles. The molecule has 0 aromatic heterocycles. The van der Waals surface area contributed by atoms with Crippen LogP contribution in [0.25, 0.3) is 0 Å². The normalized spacial score (nSPS) is 19.6. The van der Waals surface area contributed by atoms with Crippen molar-refractivity contribution in [3.8, 4) is 5.75 Å². The van der Waals surface area contributed by atoms with Gasteiger partial charge >= 0.3 is 6.03 Å². The molecule has 0 bridgehead atoms. The number of rotatable bonds is 7. The predicted octanol–water partition coefficient (Wildman–Crippen LogP) is 3.97. The third kappa shape index (κ3) is 6.00. The van der Waals surface area contributed by atoms with Gasteiger partial charge in [0.1, 0.15) is 12.4 Å². The van der Waals surface area contributed by atoms with Crippen LogP contribution < -0.4 is 15.4 Å². The maximum atomic E-state index is 12.0. The highest BCUT2D eigenvalue weighted by Crippen LogP contribution is 2.21. The number of ether oxygens (including phenoxy) is 1. The number of nitrogens with zero attached hydrogens (tertiary/aromatic N) is 1. The molecular formula is C22H29N3O2. The van der Waals surface area contributed by atoms with Crippen LogP contribution >= 0.6 is 0 Å². The fourth-order valence-electron chi connectivity index (χ4n) is 3.31. The van der Waals surface area contributed by atoms with Gasteiger partial charge in [-0.3, -0.25) is 0 Å². The van der Waals surface area contributed by atoms with Crippen molar-refractivity contribution in [3.63, 3.8) is 0 Å². The van der Waals surface area contributed by atoms with Gasteiger partial charge < -0.3 is 20.3 Å². The average molecular weight is 367 g/mol. The second kappa shape index (κ2) is 9.42. The van der Waals surface area contributed by atoms with Crippen LogP contribution in [0.15, 0.2) is 54.6 Å². The van der Waals surface area contributed by atoms with Gasteiger partial charge in [0.25, 0.3) is 0 Å². The van der Waals surface area contributed by atoms with Crippen LogP contribution in [-0.2, 0) is 6.61 Å². The average Bonchev–Trinajstić information content (AvgIpc) is 2.99. The van der Waals surface area contributed by atoms with E-state index in [1.165, 1.54) is 0 Å². The minimum atomic E-state index is -0.173. The van der Waals surface area contributed by atoms with Gasteiger partial charge in [-0.15, -0.1) is 0 Å². The lowest BCUT2D eigenvalue weighted by Gasteiger charge is -2.16. The van der Waals surface area contributed by atoms with Crippen LogP contribution in [0.4, 0.5) is 10.5 Å². The Morgan fingerprint density at radius 2 is 1.70 bits per heavy atom. The van der Waals surface area contributed by atoms with E-state index in [4.69, 9.17) is 4.74 Å². The van der Waals surface area contributed by atoms with Crippen LogP contribution in [0.1, 0.15) is 19.4 Å². The molecule has 5 heteroatoms. The van der Waals surface area contributed by atoms with E-state index in [0.717, 1.165) is 48.5 Å². The Labute approximate surface area is 161 Å². The number of hydrogen-bond acceptors (Lipinski definition) is 3. The number of benzene rings is 2. The van der Waals surface area contributed by atoms with Gasteiger partial charge in [-0.2, -0.15) is 0 Å². The summed E-state index contributed by atoms with van der Waals surface area (Å²) in [6.07, 6.45) is 0. The van der Waals surface area contributed by atoms with Crippen molar-refractivity contribution in [1.82, 2.24) is 10.2 Å². The molecule has 1 aliphatic heterocycles. The molecule has 5 nitrogen and oxygen atoms in total. The van der Waals surface area contributed by atoms with E-state index in [1.54, 1.807) is 0 Å². The fourth-order valence-corrected chi connectivity index (χ4v) is 3.31. The smallest absolute Gasteiger partial charge is 0.319 e. The summed E-state index contributed by atoms with van der Waals surface area (Å²) in [5.74, 6) is 2.25. The summed E-state index contributed by atoms with van der Waals surface area (Å²) in [4.78, 5) is 14.4. The molecule has 2 N–H and O–H groups in total. The van der Waals surface area contributed by atoms with E-state index in [-0.39, 0.29) is 6.03 Å². The van der Waals surface area contributed by atoms with E-state index in [1.807, 2.05) is 54.6 Å². The molecule has 0 radical (unpaired) electrons. The van der Waals surface area contributed by atoms with Crippen molar-refractivity contribution in [1.29, 1.82) is 0 Å². The van der Waals surface area contributed by atoms with Crippen LogP contribution in [0.2, 0.25) is 0 Å². The summed E-state index contributed by atoms with van der Waals surface area (Å²) < 4.78 is 5.76. The molecule has 2 amide bonds. The molecule has 1 aliphatic rings. The molecule has 144 valence electrons. The van der Waals surface area contributed by atoms with Crippen molar-refractivity contribution >= 4 is 11.7 Å². The van der Waals surface area contributed by atoms with Gasteiger partial charge in [0.2, 0.25) is 0 Å². The summed E-state index contributed by atoms with van der Waals surface area (Å²) in [5.41, 5.74) is 1.88. The third-order valence-electron chi connectivity index (χ3n) is 5.14. The van der Waals surface area contributed by atoms with Crippen LogP contribution in [0, 0.1) is 11.8 Å². The van der Waals surface area contributed by atoms with Crippen molar-refractivity contribution < 1.29 is 9.53 Å². The number of carbonyl (C=O) groups is 1. The van der Waals surface area contributed by atoms with Gasteiger partial charge in [-0.05, 0) is 41.7 Å². The lowest BCUT2D eigenvalue weighted by atomic mass is 10.0. The molecule has 1 heterocycles. The Morgan fingerprint density at radius 3 is 2.37 bits per heavy atom. The monoisotopic (exact) mass is 367 g/mol. The third-order valence-corrected chi connectivity index (χ3v) is 5.14. The van der Waals surface area contributed by atoms with Gasteiger partial charge in [0, 0.05) is 31.9 Å². The highest BCUT2D eigenvalue weighted by atomic mass is 16.5. The maximum Gasteiger partial charge on any atom is 0.319 e. The molecule has 27 heavy (non-hydrogen) atoms. The summed E-state index contributed by atoms with van der Waals surface area (Å²) in [6.45, 7) is 8.90. The largest absolute Gasteiger partial charge is 0.489 e.